The van der Waals surface area contributed by atoms with Crippen molar-refractivity contribution in [2.24, 2.45) is 11.7 Å². The number of likely N-dealkylation sites (N-methyl/N-ethyl adjacent to an activating group) is 1. The topological polar surface area (TPSA) is 64.3 Å². The minimum Gasteiger partial charge on any atom is -0.364 e. The molecule has 0 radical (unpaired) electrons. The summed E-state index contributed by atoms with van der Waals surface area (Å²) in [6.07, 6.45) is 4.24. The molecule has 0 spiro atoms. The normalized spacial score (nSPS) is 30.1. The molecule has 1 amide bonds. The van der Waals surface area contributed by atoms with Gasteiger partial charge in [-0.25, -0.2) is 0 Å². The highest BCUT2D eigenvalue weighted by atomic mass is 16.5. The number of amides is 1. The van der Waals surface area contributed by atoms with Crippen molar-refractivity contribution in [3.05, 3.63) is 0 Å². The summed E-state index contributed by atoms with van der Waals surface area (Å²) in [7, 11) is 0. The van der Waals surface area contributed by atoms with Crippen LogP contribution in [0.3, 0.4) is 0 Å². The monoisotopic (exact) mass is 228 g/mol. The Morgan fingerprint density at radius 1 is 1.50 bits per heavy atom. The van der Waals surface area contributed by atoms with Crippen molar-refractivity contribution in [1.82, 2.24) is 5.32 Å². The van der Waals surface area contributed by atoms with Crippen molar-refractivity contribution in [1.29, 1.82) is 0 Å². The van der Waals surface area contributed by atoms with Crippen molar-refractivity contribution < 1.29 is 9.53 Å². The molecular weight excluding hydrogens is 204 g/mol. The Hall–Kier alpha value is -0.610. The van der Waals surface area contributed by atoms with E-state index < -0.39 is 0 Å². The first-order valence-electron chi connectivity index (χ1n) is 6.22. The van der Waals surface area contributed by atoms with Gasteiger partial charge in [0, 0.05) is 13.1 Å². The fraction of sp³-hybridized carbons (Fsp3) is 0.917. The van der Waals surface area contributed by atoms with Crippen LogP contribution in [0.5, 0.6) is 0 Å². The Bertz CT molecular complexity index is 223. The molecule has 1 rings (SSSR count). The molecule has 1 aliphatic carbocycles. The SMILES string of the molecule is CCNC(=O)COC1(CN)CCC(C)CC1. The number of hydrogen-bond donors (Lipinski definition) is 2. The number of carbonyl (C=O) groups is 1. The van der Waals surface area contributed by atoms with E-state index in [2.05, 4.69) is 12.2 Å². The summed E-state index contributed by atoms with van der Waals surface area (Å²) in [4.78, 5) is 11.3. The van der Waals surface area contributed by atoms with Gasteiger partial charge in [0.1, 0.15) is 6.61 Å². The molecule has 0 aromatic heterocycles. The van der Waals surface area contributed by atoms with Gasteiger partial charge in [-0.2, -0.15) is 0 Å². The van der Waals surface area contributed by atoms with Crippen LogP contribution in [-0.4, -0.2) is 31.2 Å². The zero-order valence-electron chi connectivity index (χ0n) is 10.4. The number of nitrogens with two attached hydrogens (primary N) is 1. The number of hydrogen-bond acceptors (Lipinski definition) is 3. The maximum Gasteiger partial charge on any atom is 0.246 e. The van der Waals surface area contributed by atoms with Crippen LogP contribution < -0.4 is 11.1 Å². The molecule has 1 saturated carbocycles. The van der Waals surface area contributed by atoms with Gasteiger partial charge in [0.25, 0.3) is 0 Å². The second-order valence-electron chi connectivity index (χ2n) is 4.81. The summed E-state index contributed by atoms with van der Waals surface area (Å²) in [6.45, 7) is 5.45. The zero-order valence-corrected chi connectivity index (χ0v) is 10.4. The summed E-state index contributed by atoms with van der Waals surface area (Å²) in [5.74, 6) is 0.710. The van der Waals surface area contributed by atoms with Gasteiger partial charge >= 0.3 is 0 Å². The van der Waals surface area contributed by atoms with E-state index in [9.17, 15) is 4.79 Å². The van der Waals surface area contributed by atoms with E-state index in [1.165, 1.54) is 0 Å². The van der Waals surface area contributed by atoms with E-state index >= 15 is 0 Å². The predicted molar refractivity (Wildman–Crippen MR) is 64.1 cm³/mol. The van der Waals surface area contributed by atoms with Gasteiger partial charge < -0.3 is 15.8 Å². The van der Waals surface area contributed by atoms with Crippen molar-refractivity contribution >= 4 is 5.91 Å². The van der Waals surface area contributed by atoms with Crippen LogP contribution in [0, 0.1) is 5.92 Å². The summed E-state index contributed by atoms with van der Waals surface area (Å²) < 4.78 is 5.75. The fourth-order valence-corrected chi connectivity index (χ4v) is 2.16. The molecule has 4 nitrogen and oxygen atoms in total. The highest BCUT2D eigenvalue weighted by Crippen LogP contribution is 2.33. The number of nitrogens with one attached hydrogen (secondary N) is 1. The summed E-state index contributed by atoms with van der Waals surface area (Å²) in [5, 5.41) is 2.73. The van der Waals surface area contributed by atoms with Gasteiger partial charge in [0.2, 0.25) is 5.91 Å². The molecule has 0 heterocycles. The quantitative estimate of drug-likeness (QED) is 0.739. The fourth-order valence-electron chi connectivity index (χ4n) is 2.16. The third-order valence-corrected chi connectivity index (χ3v) is 3.44. The lowest BCUT2D eigenvalue weighted by atomic mass is 9.79. The van der Waals surface area contributed by atoms with Gasteiger partial charge in [0.05, 0.1) is 5.60 Å². The van der Waals surface area contributed by atoms with Gasteiger partial charge in [-0.15, -0.1) is 0 Å². The molecule has 4 heteroatoms. The molecule has 0 aliphatic heterocycles. The van der Waals surface area contributed by atoms with Crippen LogP contribution in [-0.2, 0) is 9.53 Å². The van der Waals surface area contributed by atoms with Crippen molar-refractivity contribution in [3.63, 3.8) is 0 Å². The summed E-state index contributed by atoms with van der Waals surface area (Å²) >= 11 is 0. The van der Waals surface area contributed by atoms with E-state index in [4.69, 9.17) is 10.5 Å². The van der Waals surface area contributed by atoms with Gasteiger partial charge in [0.15, 0.2) is 0 Å². The maximum atomic E-state index is 11.3. The Balaban J connectivity index is 2.39. The first-order valence-corrected chi connectivity index (χ1v) is 6.22. The molecule has 0 atom stereocenters. The molecule has 0 unspecified atom stereocenters. The average molecular weight is 228 g/mol. The summed E-state index contributed by atoms with van der Waals surface area (Å²) in [5.41, 5.74) is 5.53. The van der Waals surface area contributed by atoms with Gasteiger partial charge in [-0.05, 0) is 38.5 Å². The zero-order chi connectivity index (χ0) is 12.0. The maximum absolute atomic E-state index is 11.3. The Kier molecular flexibility index (Phi) is 5.22. The van der Waals surface area contributed by atoms with Crippen molar-refractivity contribution in [3.8, 4) is 0 Å². The third-order valence-electron chi connectivity index (χ3n) is 3.44. The third kappa shape index (κ3) is 3.76. The van der Waals surface area contributed by atoms with Crippen LogP contribution in [0.4, 0.5) is 0 Å². The van der Waals surface area contributed by atoms with E-state index in [1.54, 1.807) is 0 Å². The first-order chi connectivity index (χ1) is 7.62. The molecule has 0 aromatic carbocycles. The van der Waals surface area contributed by atoms with Gasteiger partial charge in [-0.3, -0.25) is 4.79 Å². The Morgan fingerprint density at radius 3 is 2.62 bits per heavy atom. The first kappa shape index (κ1) is 13.5. The number of carbonyl (C=O) groups excluding carboxylic acids is 1. The molecule has 0 bridgehead atoms. The van der Waals surface area contributed by atoms with E-state index in [-0.39, 0.29) is 18.1 Å². The van der Waals surface area contributed by atoms with E-state index in [1.807, 2.05) is 6.92 Å². The van der Waals surface area contributed by atoms with Crippen LogP contribution in [0.15, 0.2) is 0 Å². The average Bonchev–Trinajstić information content (AvgIpc) is 2.30. The molecule has 3 N–H and O–H groups in total. The molecule has 0 saturated heterocycles. The highest BCUT2D eigenvalue weighted by molar-refractivity contribution is 5.77. The molecule has 16 heavy (non-hydrogen) atoms. The lowest BCUT2D eigenvalue weighted by molar-refractivity contribution is -0.135. The lowest BCUT2D eigenvalue weighted by Crippen LogP contribution is -2.45. The second-order valence-corrected chi connectivity index (χ2v) is 4.81. The largest absolute Gasteiger partial charge is 0.364 e. The van der Waals surface area contributed by atoms with Crippen LogP contribution in [0.2, 0.25) is 0 Å². The lowest BCUT2D eigenvalue weighted by Gasteiger charge is -2.38. The van der Waals surface area contributed by atoms with Gasteiger partial charge in [-0.1, -0.05) is 6.92 Å². The van der Waals surface area contributed by atoms with Crippen LogP contribution in [0.1, 0.15) is 39.5 Å². The highest BCUT2D eigenvalue weighted by Gasteiger charge is 2.34. The minimum absolute atomic E-state index is 0.0473. The molecular formula is C12H24N2O2. The Morgan fingerprint density at radius 2 is 2.12 bits per heavy atom. The van der Waals surface area contributed by atoms with Crippen molar-refractivity contribution in [2.75, 3.05) is 19.7 Å². The molecule has 0 aromatic rings. The second kappa shape index (κ2) is 6.21. The van der Waals surface area contributed by atoms with Crippen LogP contribution in [0.25, 0.3) is 0 Å². The molecule has 94 valence electrons. The Labute approximate surface area is 97.9 Å². The van der Waals surface area contributed by atoms with Crippen LogP contribution >= 0.6 is 0 Å². The minimum atomic E-state index is -0.252. The van der Waals surface area contributed by atoms with Crippen molar-refractivity contribution in [2.45, 2.75) is 45.1 Å². The number of rotatable bonds is 5. The smallest absolute Gasteiger partial charge is 0.246 e. The summed E-state index contributed by atoms with van der Waals surface area (Å²) in [6, 6.07) is 0. The van der Waals surface area contributed by atoms with E-state index in [0.717, 1.165) is 31.6 Å². The predicted octanol–water partition coefficient (Wildman–Crippen LogP) is 1.05. The standard InChI is InChI=1S/C12H24N2O2/c1-3-14-11(15)8-16-12(9-13)6-4-10(2)5-7-12/h10H,3-9,13H2,1-2H3,(H,14,15). The molecule has 1 fully saturated rings. The molecule has 1 aliphatic rings. The number of ether oxygens (including phenoxy) is 1. The van der Waals surface area contributed by atoms with E-state index in [0.29, 0.717) is 13.1 Å².